The summed E-state index contributed by atoms with van der Waals surface area (Å²) < 4.78 is 38.1. The average molecular weight is 448 g/mol. The monoisotopic (exact) mass is 447 g/mol. The number of hydrogen-bond acceptors (Lipinski definition) is 6. The van der Waals surface area contributed by atoms with Gasteiger partial charge in [-0.25, -0.2) is 8.42 Å². The van der Waals surface area contributed by atoms with Crippen LogP contribution in [0.5, 0.6) is 0 Å². The molecular weight excluding hydrogens is 418 g/mol. The van der Waals surface area contributed by atoms with Crippen LogP contribution >= 0.6 is 0 Å². The Balaban J connectivity index is 1.43. The van der Waals surface area contributed by atoms with Crippen LogP contribution in [-0.2, 0) is 14.8 Å². The molecule has 2 saturated heterocycles. The Morgan fingerprint density at radius 3 is 2.32 bits per heavy atom. The fraction of sp³-hybridized carbons (Fsp3) is 0.500. The highest BCUT2D eigenvalue weighted by molar-refractivity contribution is 7.89. The number of carbonyl (C=O) groups excluding carboxylic acids is 1. The molecule has 0 unspecified atom stereocenters. The maximum absolute atomic E-state index is 12.7. The number of carbonyl (C=O) groups is 1. The van der Waals surface area contributed by atoms with Crippen LogP contribution in [0.3, 0.4) is 0 Å². The van der Waals surface area contributed by atoms with Gasteiger partial charge in [-0.05, 0) is 56.2 Å². The third kappa shape index (κ3) is 5.01. The van der Waals surface area contributed by atoms with Gasteiger partial charge >= 0.3 is 0 Å². The lowest BCUT2D eigenvalue weighted by atomic mass is 10.1. The maximum Gasteiger partial charge on any atom is 0.251 e. The van der Waals surface area contributed by atoms with E-state index < -0.39 is 10.0 Å². The van der Waals surface area contributed by atoms with E-state index in [-0.39, 0.29) is 16.8 Å². The first-order valence-corrected chi connectivity index (χ1v) is 12.2. The van der Waals surface area contributed by atoms with Crippen molar-refractivity contribution < 1.29 is 22.4 Å². The summed E-state index contributed by atoms with van der Waals surface area (Å²) in [5, 5.41) is 2.98. The molecule has 4 rings (SSSR count). The molecule has 1 aromatic carbocycles. The van der Waals surface area contributed by atoms with Crippen molar-refractivity contribution >= 4 is 15.9 Å². The molecule has 0 saturated carbocycles. The molecule has 0 bridgehead atoms. The smallest absolute Gasteiger partial charge is 0.251 e. The summed E-state index contributed by atoms with van der Waals surface area (Å²) in [4.78, 5) is 15.2. The molecule has 2 fully saturated rings. The Kier molecular flexibility index (Phi) is 6.76. The highest BCUT2D eigenvalue weighted by atomic mass is 32.2. The van der Waals surface area contributed by atoms with Crippen molar-refractivity contribution in [3.8, 4) is 0 Å². The first-order valence-electron chi connectivity index (χ1n) is 10.7. The van der Waals surface area contributed by atoms with Crippen molar-refractivity contribution in [1.29, 1.82) is 0 Å². The summed E-state index contributed by atoms with van der Waals surface area (Å²) in [5.41, 5.74) is 0.428. The highest BCUT2D eigenvalue weighted by Crippen LogP contribution is 2.24. The fourth-order valence-corrected chi connectivity index (χ4v) is 5.60. The lowest BCUT2D eigenvalue weighted by molar-refractivity contribution is 0.0117. The predicted octanol–water partition coefficient (Wildman–Crippen LogP) is 2.18. The minimum Gasteiger partial charge on any atom is -0.465 e. The zero-order chi connectivity index (χ0) is 21.8. The minimum atomic E-state index is -3.48. The molecule has 0 spiro atoms. The Bertz CT molecular complexity index is 990. The highest BCUT2D eigenvalue weighted by Gasteiger charge is 2.28. The van der Waals surface area contributed by atoms with Crippen molar-refractivity contribution in [3.05, 3.63) is 53.5 Å². The van der Waals surface area contributed by atoms with E-state index in [4.69, 9.17) is 9.15 Å². The molecule has 1 N–H and O–H groups in total. The SMILES string of the molecule is Cc1ccc([C@H](CNC(=O)c2ccc(S(=O)(=O)N3CCCC3)cc2)N2CCOCC2)o1. The first kappa shape index (κ1) is 22.0. The lowest BCUT2D eigenvalue weighted by Gasteiger charge is -2.33. The molecule has 31 heavy (non-hydrogen) atoms. The fourth-order valence-electron chi connectivity index (χ4n) is 4.08. The molecule has 168 valence electrons. The lowest BCUT2D eigenvalue weighted by Crippen LogP contribution is -2.43. The summed E-state index contributed by atoms with van der Waals surface area (Å²) in [5.74, 6) is 1.40. The number of nitrogens with zero attached hydrogens (tertiary/aromatic N) is 2. The van der Waals surface area contributed by atoms with Crippen molar-refractivity contribution in [2.24, 2.45) is 0 Å². The van der Waals surface area contributed by atoms with E-state index in [1.54, 1.807) is 12.1 Å². The van der Waals surface area contributed by atoms with E-state index in [1.165, 1.54) is 16.4 Å². The van der Waals surface area contributed by atoms with Gasteiger partial charge in [-0.15, -0.1) is 0 Å². The number of ether oxygens (including phenoxy) is 1. The van der Waals surface area contributed by atoms with Gasteiger partial charge in [0.1, 0.15) is 11.5 Å². The van der Waals surface area contributed by atoms with E-state index >= 15 is 0 Å². The molecule has 2 aliphatic heterocycles. The number of sulfonamides is 1. The van der Waals surface area contributed by atoms with Crippen molar-refractivity contribution in [2.75, 3.05) is 45.9 Å². The zero-order valence-corrected chi connectivity index (χ0v) is 18.6. The topological polar surface area (TPSA) is 92.1 Å². The molecular formula is C22H29N3O5S. The van der Waals surface area contributed by atoms with Gasteiger partial charge < -0.3 is 14.5 Å². The average Bonchev–Trinajstić information content (AvgIpc) is 3.47. The summed E-state index contributed by atoms with van der Waals surface area (Å²) in [6.45, 7) is 6.23. The number of hydrogen-bond donors (Lipinski definition) is 1. The van der Waals surface area contributed by atoms with Gasteiger partial charge in [0.2, 0.25) is 10.0 Å². The van der Waals surface area contributed by atoms with Gasteiger partial charge in [0, 0.05) is 38.3 Å². The Labute approximate surface area is 183 Å². The van der Waals surface area contributed by atoms with Crippen LogP contribution in [0.2, 0.25) is 0 Å². The number of nitrogens with one attached hydrogen (secondary N) is 1. The van der Waals surface area contributed by atoms with Gasteiger partial charge in [-0.3, -0.25) is 9.69 Å². The summed E-state index contributed by atoms with van der Waals surface area (Å²) in [7, 11) is -3.48. The second-order valence-corrected chi connectivity index (χ2v) is 9.90. The minimum absolute atomic E-state index is 0.0867. The zero-order valence-electron chi connectivity index (χ0n) is 17.7. The summed E-state index contributed by atoms with van der Waals surface area (Å²) in [6, 6.07) is 9.94. The van der Waals surface area contributed by atoms with Gasteiger partial charge in [0.25, 0.3) is 5.91 Å². The number of rotatable bonds is 7. The second-order valence-electron chi connectivity index (χ2n) is 7.96. The summed E-state index contributed by atoms with van der Waals surface area (Å²) in [6.07, 6.45) is 1.78. The number of benzene rings is 1. The largest absolute Gasteiger partial charge is 0.465 e. The van der Waals surface area contributed by atoms with E-state index in [9.17, 15) is 13.2 Å². The number of morpholine rings is 1. The first-order chi connectivity index (χ1) is 14.9. The van der Waals surface area contributed by atoms with E-state index in [0.717, 1.165) is 37.5 Å². The van der Waals surface area contributed by atoms with Crippen molar-refractivity contribution in [2.45, 2.75) is 30.7 Å². The molecule has 0 radical (unpaired) electrons. The number of furan rings is 1. The van der Waals surface area contributed by atoms with Gasteiger partial charge in [-0.1, -0.05) is 0 Å². The molecule has 2 aromatic rings. The van der Waals surface area contributed by atoms with Gasteiger partial charge in [0.15, 0.2) is 0 Å². The molecule has 3 heterocycles. The number of amides is 1. The molecule has 2 aliphatic rings. The standard InChI is InChI=1S/C22H29N3O5S/c1-17-4-9-21(30-17)20(24-12-14-29-15-13-24)16-23-22(26)18-5-7-19(8-6-18)31(27,28)25-10-2-3-11-25/h4-9,20H,2-3,10-16H2,1H3,(H,23,26)/t20-/m0/s1. The van der Waals surface area contributed by atoms with Crippen LogP contribution in [0.25, 0.3) is 0 Å². The third-order valence-corrected chi connectivity index (χ3v) is 7.76. The Morgan fingerprint density at radius 2 is 1.71 bits per heavy atom. The van der Waals surface area contributed by atoms with Crippen LogP contribution in [-0.4, -0.2) is 69.5 Å². The quantitative estimate of drug-likeness (QED) is 0.700. The van der Waals surface area contributed by atoms with Gasteiger partial charge in [-0.2, -0.15) is 4.31 Å². The molecule has 1 amide bonds. The normalized spacial score (nSPS) is 19.4. The number of aryl methyl sites for hydroxylation is 1. The summed E-state index contributed by atoms with van der Waals surface area (Å²) >= 11 is 0. The van der Waals surface area contributed by atoms with E-state index in [0.29, 0.717) is 38.4 Å². The molecule has 9 heteroatoms. The molecule has 0 aliphatic carbocycles. The van der Waals surface area contributed by atoms with Crippen LogP contribution in [0.1, 0.15) is 40.8 Å². The van der Waals surface area contributed by atoms with Crippen molar-refractivity contribution in [3.63, 3.8) is 0 Å². The third-order valence-electron chi connectivity index (χ3n) is 5.85. The van der Waals surface area contributed by atoms with Gasteiger partial charge in [0.05, 0.1) is 24.2 Å². The van der Waals surface area contributed by atoms with Crippen LogP contribution < -0.4 is 5.32 Å². The van der Waals surface area contributed by atoms with E-state index in [2.05, 4.69) is 10.2 Å². The second kappa shape index (κ2) is 9.52. The van der Waals surface area contributed by atoms with Crippen LogP contribution in [0, 0.1) is 6.92 Å². The van der Waals surface area contributed by atoms with Crippen LogP contribution in [0.15, 0.2) is 45.7 Å². The molecule has 1 aromatic heterocycles. The van der Waals surface area contributed by atoms with Crippen LogP contribution in [0.4, 0.5) is 0 Å². The van der Waals surface area contributed by atoms with E-state index in [1.807, 2.05) is 19.1 Å². The Morgan fingerprint density at radius 1 is 1.03 bits per heavy atom. The predicted molar refractivity (Wildman–Crippen MR) is 115 cm³/mol. The molecule has 1 atom stereocenters. The molecule has 8 nitrogen and oxygen atoms in total. The van der Waals surface area contributed by atoms with Crippen molar-refractivity contribution in [1.82, 2.24) is 14.5 Å². The maximum atomic E-state index is 12.7. The Hall–Kier alpha value is -2.20.